The first kappa shape index (κ1) is 40.6. The van der Waals surface area contributed by atoms with Gasteiger partial charge in [-0.1, -0.05) is 70.8 Å². The Hall–Kier alpha value is -3.56. The van der Waals surface area contributed by atoms with E-state index in [0.717, 1.165) is 18.2 Å². The highest BCUT2D eigenvalue weighted by atomic mass is 32.2. The van der Waals surface area contributed by atoms with Crippen LogP contribution in [0.15, 0.2) is 117 Å². The Kier molecular flexibility index (Phi) is 12.3. The van der Waals surface area contributed by atoms with Gasteiger partial charge in [0.2, 0.25) is 0 Å². The van der Waals surface area contributed by atoms with Gasteiger partial charge in [0.05, 0.1) is 26.2 Å². The molecule has 4 aromatic rings. The van der Waals surface area contributed by atoms with Crippen molar-refractivity contribution in [1.82, 2.24) is 0 Å². The molecule has 1 saturated heterocycles. The zero-order valence-corrected chi connectivity index (χ0v) is 32.4. The molecular weight excluding hydrogens is 773 g/mol. The maximum absolute atomic E-state index is 13.8. The minimum Gasteiger partial charge on any atom is -0.353 e. The molecule has 1 aliphatic rings. The van der Waals surface area contributed by atoms with E-state index < -0.39 is 77.8 Å². The van der Waals surface area contributed by atoms with Gasteiger partial charge >= 0.3 is 0 Å². The Labute approximate surface area is 310 Å². The summed E-state index contributed by atoms with van der Waals surface area (Å²) in [5, 5.41) is 0. The van der Waals surface area contributed by atoms with Crippen molar-refractivity contribution in [2.75, 3.05) is 13.7 Å². The predicted molar refractivity (Wildman–Crippen MR) is 190 cm³/mol. The van der Waals surface area contributed by atoms with Gasteiger partial charge in [0.1, 0.15) is 18.3 Å². The minimum absolute atomic E-state index is 0.243. The second kappa shape index (κ2) is 16.0. The Balaban J connectivity index is 1.63. The van der Waals surface area contributed by atoms with E-state index in [2.05, 4.69) is 0 Å². The molecule has 18 heteroatoms. The number of hydrogen-bond donors (Lipinski definition) is 0. The SMILES string of the molecule is CO[C@@H]1O[C@@H](COS(=O)(=O)c2ccc(C)cc2)[C@H](OS(=O)(=O)c2ccc(C)cc2)[C@H](OS(=O)(=O)c2ccc(C)cc2)[C@@H]1OS(=O)(=O)c1ccc(C)cc1. The number of rotatable bonds is 14. The van der Waals surface area contributed by atoms with Crippen molar-refractivity contribution in [2.24, 2.45) is 0 Å². The van der Waals surface area contributed by atoms with E-state index in [1.165, 1.54) is 97.1 Å². The first-order chi connectivity index (χ1) is 24.8. The summed E-state index contributed by atoms with van der Waals surface area (Å²) < 4.78 is 143. The van der Waals surface area contributed by atoms with E-state index in [1.54, 1.807) is 27.7 Å². The van der Waals surface area contributed by atoms with Crippen LogP contribution in [0.2, 0.25) is 0 Å². The molecular formula is C35H38O14S4. The summed E-state index contributed by atoms with van der Waals surface area (Å²) in [4.78, 5) is -1.32. The molecule has 1 fully saturated rings. The zero-order chi connectivity index (χ0) is 38.8. The van der Waals surface area contributed by atoms with Gasteiger partial charge in [-0.05, 0) is 76.2 Å². The maximum atomic E-state index is 13.8. The number of hydrogen-bond acceptors (Lipinski definition) is 14. The summed E-state index contributed by atoms with van der Waals surface area (Å²) in [5.41, 5.74) is 2.90. The lowest BCUT2D eigenvalue weighted by atomic mass is 9.99. The van der Waals surface area contributed by atoms with Crippen LogP contribution >= 0.6 is 0 Å². The van der Waals surface area contributed by atoms with Crippen molar-refractivity contribution < 1.29 is 59.9 Å². The minimum atomic E-state index is -4.86. The molecule has 0 radical (unpaired) electrons. The van der Waals surface area contributed by atoms with Crippen LogP contribution in [-0.4, -0.2) is 78.1 Å². The van der Waals surface area contributed by atoms with E-state index in [-0.39, 0.29) is 19.6 Å². The van der Waals surface area contributed by atoms with Crippen molar-refractivity contribution in [3.05, 3.63) is 119 Å². The fourth-order valence-corrected chi connectivity index (χ4v) is 9.37. The average molecular weight is 811 g/mol. The molecule has 1 aliphatic heterocycles. The van der Waals surface area contributed by atoms with Gasteiger partial charge in [0.25, 0.3) is 40.5 Å². The topological polar surface area (TPSA) is 192 Å². The fourth-order valence-electron chi connectivity index (χ4n) is 5.18. The standard InChI is InChI=1S/C35H38O14S4/c1-23-6-14-27(15-7-23)50(36,37)45-22-31-32(47-51(38,39)28-16-8-24(2)9-17-28)33(48-52(40,41)29-18-10-25(3)11-19-29)34(35(44-5)46-31)49-53(42,43)30-20-12-26(4)13-21-30/h6-21,31-35H,22H2,1-5H3/t31-,32-,33-,34-,35+/m0/s1. The van der Waals surface area contributed by atoms with Crippen LogP contribution < -0.4 is 0 Å². The van der Waals surface area contributed by atoms with Crippen LogP contribution in [0.4, 0.5) is 0 Å². The molecule has 0 spiro atoms. The second-order valence-corrected chi connectivity index (χ2v) is 18.6. The number of methoxy groups -OCH3 is 1. The van der Waals surface area contributed by atoms with Gasteiger partial charge in [-0.25, -0.2) is 0 Å². The molecule has 1 heterocycles. The molecule has 5 rings (SSSR count). The predicted octanol–water partition coefficient (Wildman–Crippen LogP) is 4.32. The number of benzene rings is 4. The normalized spacial score (nSPS) is 21.3. The van der Waals surface area contributed by atoms with Crippen LogP contribution in [0.5, 0.6) is 0 Å². The molecule has 0 aromatic heterocycles. The highest BCUT2D eigenvalue weighted by Gasteiger charge is 2.54. The smallest absolute Gasteiger partial charge is 0.297 e. The molecule has 0 N–H and O–H groups in total. The van der Waals surface area contributed by atoms with E-state index >= 15 is 0 Å². The van der Waals surface area contributed by atoms with Gasteiger partial charge in [-0.15, -0.1) is 0 Å². The largest absolute Gasteiger partial charge is 0.353 e. The van der Waals surface area contributed by atoms with Crippen LogP contribution in [0.1, 0.15) is 22.3 Å². The van der Waals surface area contributed by atoms with Crippen LogP contribution in [-0.2, 0) is 66.7 Å². The zero-order valence-electron chi connectivity index (χ0n) is 29.2. The maximum Gasteiger partial charge on any atom is 0.297 e. The second-order valence-electron chi connectivity index (χ2n) is 12.3. The third-order valence-corrected chi connectivity index (χ3v) is 13.4. The van der Waals surface area contributed by atoms with Crippen molar-refractivity contribution >= 4 is 40.5 Å². The van der Waals surface area contributed by atoms with E-state index in [1.807, 2.05) is 0 Å². The summed E-state index contributed by atoms with van der Waals surface area (Å²) in [7, 11) is -17.9. The summed E-state index contributed by atoms with van der Waals surface area (Å²) in [5.74, 6) is 0. The van der Waals surface area contributed by atoms with Crippen LogP contribution in [0.25, 0.3) is 0 Å². The molecule has 0 aliphatic carbocycles. The molecule has 0 bridgehead atoms. The molecule has 53 heavy (non-hydrogen) atoms. The van der Waals surface area contributed by atoms with Crippen molar-refractivity contribution in [2.45, 2.75) is 78.0 Å². The highest BCUT2D eigenvalue weighted by Crippen LogP contribution is 2.35. The summed E-state index contributed by atoms with van der Waals surface area (Å²) in [6.07, 6.45) is -9.98. The Morgan fingerprint density at radius 2 is 0.755 bits per heavy atom. The molecule has 0 saturated carbocycles. The molecule has 0 unspecified atom stereocenters. The summed E-state index contributed by atoms with van der Waals surface area (Å²) in [6, 6.07) is 22.0. The quantitative estimate of drug-likeness (QED) is 0.164. The first-order valence-corrected chi connectivity index (χ1v) is 21.6. The van der Waals surface area contributed by atoms with Gasteiger partial charge in [-0.3, -0.25) is 16.7 Å². The highest BCUT2D eigenvalue weighted by molar-refractivity contribution is 7.87. The Morgan fingerprint density at radius 1 is 0.453 bits per heavy atom. The first-order valence-electron chi connectivity index (χ1n) is 16.0. The summed E-state index contributed by atoms with van der Waals surface area (Å²) in [6.45, 7) is 5.94. The van der Waals surface area contributed by atoms with Crippen LogP contribution in [0, 0.1) is 27.7 Å². The van der Waals surface area contributed by atoms with E-state index in [9.17, 15) is 33.7 Å². The molecule has 4 aromatic carbocycles. The van der Waals surface area contributed by atoms with E-state index in [0.29, 0.717) is 11.1 Å². The monoisotopic (exact) mass is 810 g/mol. The Morgan fingerprint density at radius 3 is 1.09 bits per heavy atom. The van der Waals surface area contributed by atoms with Crippen molar-refractivity contribution in [1.29, 1.82) is 0 Å². The van der Waals surface area contributed by atoms with Crippen LogP contribution in [0.3, 0.4) is 0 Å². The molecule has 0 amide bonds. The lowest BCUT2D eigenvalue weighted by molar-refractivity contribution is -0.277. The van der Waals surface area contributed by atoms with Crippen molar-refractivity contribution in [3.63, 3.8) is 0 Å². The number of ether oxygens (including phenoxy) is 2. The Bertz CT molecular complexity index is 2330. The fraction of sp³-hybridized carbons (Fsp3) is 0.314. The average Bonchev–Trinajstić information content (AvgIpc) is 3.10. The third kappa shape index (κ3) is 9.76. The lowest BCUT2D eigenvalue weighted by Gasteiger charge is -2.43. The third-order valence-electron chi connectivity index (χ3n) is 8.16. The van der Waals surface area contributed by atoms with Gasteiger partial charge < -0.3 is 9.47 Å². The van der Waals surface area contributed by atoms with E-state index in [4.69, 9.17) is 26.2 Å². The van der Waals surface area contributed by atoms with Crippen molar-refractivity contribution in [3.8, 4) is 0 Å². The van der Waals surface area contributed by atoms with Gasteiger partial charge in [-0.2, -0.15) is 33.7 Å². The van der Waals surface area contributed by atoms with Gasteiger partial charge in [0, 0.05) is 7.11 Å². The number of aryl methyl sites for hydroxylation is 4. The molecule has 5 atom stereocenters. The van der Waals surface area contributed by atoms with Gasteiger partial charge in [0.15, 0.2) is 12.4 Å². The summed E-state index contributed by atoms with van der Waals surface area (Å²) >= 11 is 0. The lowest BCUT2D eigenvalue weighted by Crippen LogP contribution is -2.62. The molecule has 286 valence electrons. The molecule has 14 nitrogen and oxygen atoms in total.